The highest BCUT2D eigenvalue weighted by molar-refractivity contribution is 6.03. The summed E-state index contributed by atoms with van der Waals surface area (Å²) in [6, 6.07) is 17.1. The molecule has 1 aliphatic heterocycles. The number of fused-ring (bicyclic) bond motifs is 1. The number of rotatable bonds is 5. The maximum Gasteiger partial charge on any atom is 0.260 e. The Morgan fingerprint density at radius 3 is 2.42 bits per heavy atom. The number of halogens is 1. The van der Waals surface area contributed by atoms with Crippen molar-refractivity contribution in [1.82, 2.24) is 14.7 Å². The fourth-order valence-corrected chi connectivity index (χ4v) is 5.62. The summed E-state index contributed by atoms with van der Waals surface area (Å²) in [6.07, 6.45) is 4.09. The van der Waals surface area contributed by atoms with E-state index in [9.17, 15) is 19.4 Å². The van der Waals surface area contributed by atoms with E-state index in [0.29, 0.717) is 30.2 Å². The van der Waals surface area contributed by atoms with Crippen molar-refractivity contribution in [3.8, 4) is 22.8 Å². The molecule has 1 amide bonds. The van der Waals surface area contributed by atoms with Crippen LogP contribution in [0.2, 0.25) is 0 Å². The second kappa shape index (κ2) is 9.52. The van der Waals surface area contributed by atoms with Crippen molar-refractivity contribution < 1.29 is 19.4 Å². The summed E-state index contributed by atoms with van der Waals surface area (Å²) in [7, 11) is 0. The first-order chi connectivity index (χ1) is 18.4. The molecule has 4 aromatic rings. The standard InChI is InChI=1S/C30H29FN4O3/c1-18-10-11-21(31)12-24(18)25-15-28(35(33-25)22-8-4-5-9-22)32-26-13-23(36)14-27(37)29(26)30(38)34-16-19-6-2-3-7-20(19)17-34/h2-3,6-7,10-15,22,32,36-37H,4-5,8-9,16-17H2,1H3. The summed E-state index contributed by atoms with van der Waals surface area (Å²) in [5.41, 5.74) is 4.71. The molecule has 3 N–H and O–H groups in total. The van der Waals surface area contributed by atoms with Crippen LogP contribution in [-0.4, -0.2) is 30.8 Å². The predicted octanol–water partition coefficient (Wildman–Crippen LogP) is 6.42. The monoisotopic (exact) mass is 512 g/mol. The minimum Gasteiger partial charge on any atom is -0.508 e. The van der Waals surface area contributed by atoms with E-state index >= 15 is 0 Å². The minimum absolute atomic E-state index is 0.0817. The molecule has 1 fully saturated rings. The molecule has 38 heavy (non-hydrogen) atoms. The van der Waals surface area contributed by atoms with Crippen LogP contribution in [0.15, 0.2) is 60.7 Å². The maximum absolute atomic E-state index is 14.1. The van der Waals surface area contributed by atoms with Crippen LogP contribution in [0.3, 0.4) is 0 Å². The van der Waals surface area contributed by atoms with Crippen molar-refractivity contribution in [1.29, 1.82) is 0 Å². The van der Waals surface area contributed by atoms with Gasteiger partial charge in [-0.15, -0.1) is 0 Å². The van der Waals surface area contributed by atoms with Gasteiger partial charge in [-0.1, -0.05) is 43.2 Å². The highest BCUT2D eigenvalue weighted by Crippen LogP contribution is 2.39. The molecule has 3 aromatic carbocycles. The second-order valence-corrected chi connectivity index (χ2v) is 10.2. The molecule has 0 unspecified atom stereocenters. The van der Waals surface area contributed by atoms with E-state index in [1.807, 2.05) is 41.9 Å². The Bertz CT molecular complexity index is 1520. The number of amides is 1. The van der Waals surface area contributed by atoms with E-state index < -0.39 is 0 Å². The molecule has 0 radical (unpaired) electrons. The number of benzene rings is 3. The van der Waals surface area contributed by atoms with E-state index in [-0.39, 0.29) is 40.5 Å². The van der Waals surface area contributed by atoms with Gasteiger partial charge in [-0.25, -0.2) is 9.07 Å². The van der Waals surface area contributed by atoms with E-state index in [0.717, 1.165) is 42.4 Å². The summed E-state index contributed by atoms with van der Waals surface area (Å²) in [5, 5.41) is 29.3. The zero-order chi connectivity index (χ0) is 26.4. The number of carbonyl (C=O) groups excluding carboxylic acids is 1. The van der Waals surface area contributed by atoms with Crippen molar-refractivity contribution in [3.05, 3.63) is 88.7 Å². The number of aromatic nitrogens is 2. The Morgan fingerprint density at radius 1 is 1.00 bits per heavy atom. The summed E-state index contributed by atoms with van der Waals surface area (Å²) in [5.74, 6) is -0.539. The molecule has 0 atom stereocenters. The van der Waals surface area contributed by atoms with Gasteiger partial charge >= 0.3 is 0 Å². The molecule has 2 heterocycles. The molecule has 0 spiro atoms. The Morgan fingerprint density at radius 2 is 1.71 bits per heavy atom. The van der Waals surface area contributed by atoms with Crippen molar-refractivity contribution >= 4 is 17.4 Å². The number of aryl methyl sites for hydroxylation is 1. The molecule has 1 saturated carbocycles. The Balaban J connectivity index is 1.40. The first-order valence-electron chi connectivity index (χ1n) is 12.9. The number of nitrogens with zero attached hydrogens (tertiary/aromatic N) is 3. The lowest BCUT2D eigenvalue weighted by atomic mass is 10.1. The average Bonchev–Trinajstić information content (AvgIpc) is 3.64. The second-order valence-electron chi connectivity index (χ2n) is 10.2. The lowest BCUT2D eigenvalue weighted by Gasteiger charge is -2.21. The van der Waals surface area contributed by atoms with Crippen LogP contribution in [0.1, 0.15) is 58.8 Å². The third-order valence-electron chi connectivity index (χ3n) is 7.59. The van der Waals surface area contributed by atoms with Crippen molar-refractivity contribution in [3.63, 3.8) is 0 Å². The summed E-state index contributed by atoms with van der Waals surface area (Å²) >= 11 is 0. The van der Waals surface area contributed by atoms with Gasteiger partial charge in [-0.05, 0) is 48.6 Å². The Kier molecular flexibility index (Phi) is 6.02. The van der Waals surface area contributed by atoms with Gasteiger partial charge in [0.25, 0.3) is 5.91 Å². The number of aromatic hydroxyl groups is 2. The van der Waals surface area contributed by atoms with Crippen LogP contribution in [0, 0.1) is 12.7 Å². The van der Waals surface area contributed by atoms with Gasteiger partial charge in [0.05, 0.1) is 17.4 Å². The molecular weight excluding hydrogens is 483 g/mol. The quantitative estimate of drug-likeness (QED) is 0.287. The molecule has 1 aliphatic carbocycles. The molecule has 194 valence electrons. The van der Waals surface area contributed by atoms with Crippen LogP contribution in [-0.2, 0) is 13.1 Å². The predicted molar refractivity (Wildman–Crippen MR) is 143 cm³/mol. The van der Waals surface area contributed by atoms with Crippen molar-refractivity contribution in [2.75, 3.05) is 5.32 Å². The largest absolute Gasteiger partial charge is 0.508 e. The number of anilines is 2. The average molecular weight is 513 g/mol. The fourth-order valence-electron chi connectivity index (χ4n) is 5.62. The molecule has 6 rings (SSSR count). The highest BCUT2D eigenvalue weighted by atomic mass is 19.1. The Hall–Kier alpha value is -4.33. The summed E-state index contributed by atoms with van der Waals surface area (Å²) in [4.78, 5) is 15.4. The zero-order valence-electron chi connectivity index (χ0n) is 21.1. The zero-order valence-corrected chi connectivity index (χ0v) is 21.1. The molecule has 0 saturated heterocycles. The van der Waals surface area contributed by atoms with Crippen molar-refractivity contribution in [2.24, 2.45) is 0 Å². The summed E-state index contributed by atoms with van der Waals surface area (Å²) < 4.78 is 16.0. The molecule has 1 aromatic heterocycles. The normalized spacial score (nSPS) is 15.2. The lowest BCUT2D eigenvalue weighted by Crippen LogP contribution is -2.26. The third-order valence-corrected chi connectivity index (χ3v) is 7.59. The van der Waals surface area contributed by atoms with E-state index in [4.69, 9.17) is 5.10 Å². The van der Waals surface area contributed by atoms with Gasteiger partial charge in [-0.3, -0.25) is 4.79 Å². The van der Waals surface area contributed by atoms with Crippen LogP contribution in [0.5, 0.6) is 11.5 Å². The van der Waals surface area contributed by atoms with E-state index in [1.54, 1.807) is 11.0 Å². The van der Waals surface area contributed by atoms with Crippen LogP contribution in [0.4, 0.5) is 15.9 Å². The number of hydrogen-bond acceptors (Lipinski definition) is 5. The number of carbonyl (C=O) groups is 1. The molecular formula is C30H29FN4O3. The van der Waals surface area contributed by atoms with Gasteiger partial charge < -0.3 is 20.4 Å². The molecule has 0 bridgehead atoms. The molecule has 8 heteroatoms. The van der Waals surface area contributed by atoms with Gasteiger partial charge in [0, 0.05) is 36.9 Å². The first-order valence-corrected chi connectivity index (χ1v) is 12.9. The Labute approximate surface area is 220 Å². The minimum atomic E-state index is -0.340. The van der Waals surface area contributed by atoms with Crippen LogP contribution in [0.25, 0.3) is 11.3 Å². The lowest BCUT2D eigenvalue weighted by molar-refractivity contribution is 0.0749. The fraction of sp³-hybridized carbons (Fsp3) is 0.267. The van der Waals surface area contributed by atoms with Gasteiger partial charge in [0.2, 0.25) is 0 Å². The molecule has 2 aliphatic rings. The van der Waals surface area contributed by atoms with E-state index in [2.05, 4.69) is 5.32 Å². The SMILES string of the molecule is Cc1ccc(F)cc1-c1cc(Nc2cc(O)cc(O)c2C(=O)N2Cc3ccccc3C2)n(C2CCCC2)n1. The number of nitrogens with one attached hydrogen (secondary N) is 1. The van der Waals surface area contributed by atoms with Crippen LogP contribution >= 0.6 is 0 Å². The highest BCUT2D eigenvalue weighted by Gasteiger charge is 2.29. The molecule has 7 nitrogen and oxygen atoms in total. The van der Waals surface area contributed by atoms with E-state index in [1.165, 1.54) is 24.3 Å². The van der Waals surface area contributed by atoms with Gasteiger partial charge in [-0.2, -0.15) is 5.10 Å². The third kappa shape index (κ3) is 4.36. The summed E-state index contributed by atoms with van der Waals surface area (Å²) in [6.45, 7) is 2.80. The number of phenols is 2. The number of phenolic OH excluding ortho intramolecular Hbond substituents is 2. The van der Waals surface area contributed by atoms with Gasteiger partial charge in [0.15, 0.2) is 0 Å². The first kappa shape index (κ1) is 24.0. The smallest absolute Gasteiger partial charge is 0.260 e. The maximum atomic E-state index is 14.1. The van der Waals surface area contributed by atoms with Gasteiger partial charge in [0.1, 0.15) is 28.7 Å². The van der Waals surface area contributed by atoms with Crippen molar-refractivity contribution in [2.45, 2.75) is 51.7 Å². The van der Waals surface area contributed by atoms with Crippen LogP contribution < -0.4 is 5.32 Å². The topological polar surface area (TPSA) is 90.6 Å². The number of hydrogen-bond donors (Lipinski definition) is 3.